The van der Waals surface area contributed by atoms with E-state index in [1.807, 2.05) is 16.9 Å². The van der Waals surface area contributed by atoms with Crippen LogP contribution in [0.4, 0.5) is 0 Å². The summed E-state index contributed by atoms with van der Waals surface area (Å²) in [5.74, 6) is -0.444. The van der Waals surface area contributed by atoms with Crippen LogP contribution in [-0.4, -0.2) is 30.6 Å². The number of carbonyl (C=O) groups is 1. The van der Waals surface area contributed by atoms with Crippen molar-refractivity contribution in [2.24, 2.45) is 5.92 Å². The lowest BCUT2D eigenvalue weighted by Crippen LogP contribution is -2.09. The van der Waals surface area contributed by atoms with Gasteiger partial charge >= 0.3 is 5.97 Å². The van der Waals surface area contributed by atoms with E-state index in [0.29, 0.717) is 12.5 Å². The smallest absolute Gasteiger partial charge is 0.335 e. The standard InChI is InChI=1S/C20H19BrN4O2/c1-12(2)10-25-19-15(9-23-25)6-17(21)7-16(19)11-24-18-4-3-13(20(26)27)5-14(18)8-22-24/h3-9,12H,10-11H2,1-2H3,(H,26,27). The van der Waals surface area contributed by atoms with E-state index in [-0.39, 0.29) is 5.56 Å². The number of nitrogens with zero attached hydrogens (tertiary/aromatic N) is 4. The van der Waals surface area contributed by atoms with Gasteiger partial charge in [-0.2, -0.15) is 10.2 Å². The molecule has 0 bridgehead atoms. The quantitative estimate of drug-likeness (QED) is 0.507. The van der Waals surface area contributed by atoms with E-state index in [0.717, 1.165) is 38.4 Å². The maximum absolute atomic E-state index is 11.2. The number of aromatic nitrogens is 4. The van der Waals surface area contributed by atoms with E-state index in [9.17, 15) is 9.90 Å². The summed E-state index contributed by atoms with van der Waals surface area (Å²) in [6, 6.07) is 9.25. The lowest BCUT2D eigenvalue weighted by molar-refractivity contribution is 0.0697. The first-order valence-electron chi connectivity index (χ1n) is 8.75. The van der Waals surface area contributed by atoms with Gasteiger partial charge in [0.15, 0.2) is 0 Å². The minimum absolute atomic E-state index is 0.266. The molecule has 7 heteroatoms. The molecule has 0 unspecified atom stereocenters. The number of hydrogen-bond donors (Lipinski definition) is 1. The Morgan fingerprint density at radius 1 is 1.11 bits per heavy atom. The largest absolute Gasteiger partial charge is 0.478 e. The third-order valence-corrected chi connectivity index (χ3v) is 4.98. The maximum atomic E-state index is 11.2. The highest BCUT2D eigenvalue weighted by molar-refractivity contribution is 9.10. The minimum Gasteiger partial charge on any atom is -0.478 e. The molecule has 0 amide bonds. The average molecular weight is 427 g/mol. The van der Waals surface area contributed by atoms with Gasteiger partial charge in [0, 0.05) is 27.4 Å². The van der Waals surface area contributed by atoms with Crippen molar-refractivity contribution >= 4 is 43.7 Å². The van der Waals surface area contributed by atoms with Gasteiger partial charge in [-0.3, -0.25) is 9.36 Å². The zero-order chi connectivity index (χ0) is 19.1. The van der Waals surface area contributed by atoms with Crippen LogP contribution in [-0.2, 0) is 13.1 Å². The molecule has 138 valence electrons. The van der Waals surface area contributed by atoms with Crippen molar-refractivity contribution in [2.45, 2.75) is 26.9 Å². The van der Waals surface area contributed by atoms with Crippen molar-refractivity contribution < 1.29 is 9.90 Å². The van der Waals surface area contributed by atoms with Crippen LogP contribution < -0.4 is 0 Å². The van der Waals surface area contributed by atoms with Crippen LogP contribution in [0.2, 0.25) is 0 Å². The van der Waals surface area contributed by atoms with Crippen LogP contribution in [0.5, 0.6) is 0 Å². The number of carboxylic acids is 1. The maximum Gasteiger partial charge on any atom is 0.335 e. The number of rotatable bonds is 5. The fourth-order valence-corrected chi connectivity index (χ4v) is 3.92. The van der Waals surface area contributed by atoms with Crippen molar-refractivity contribution in [3.05, 3.63) is 58.3 Å². The van der Waals surface area contributed by atoms with Gasteiger partial charge in [0.25, 0.3) is 0 Å². The first-order valence-corrected chi connectivity index (χ1v) is 9.54. The van der Waals surface area contributed by atoms with E-state index in [1.54, 1.807) is 18.3 Å². The minimum atomic E-state index is -0.934. The zero-order valence-corrected chi connectivity index (χ0v) is 16.6. The van der Waals surface area contributed by atoms with Crippen LogP contribution in [0.15, 0.2) is 47.2 Å². The fourth-order valence-electron chi connectivity index (χ4n) is 3.39. The molecule has 6 nitrogen and oxygen atoms in total. The number of aromatic carboxylic acids is 1. The number of carboxylic acid groups (broad SMARTS) is 1. The number of fused-ring (bicyclic) bond motifs is 2. The van der Waals surface area contributed by atoms with Gasteiger partial charge in [-0.25, -0.2) is 4.79 Å². The average Bonchev–Trinajstić information content (AvgIpc) is 3.18. The topological polar surface area (TPSA) is 72.9 Å². The highest BCUT2D eigenvalue weighted by Crippen LogP contribution is 2.27. The second-order valence-electron chi connectivity index (χ2n) is 7.10. The Bertz CT molecular complexity index is 1160. The van der Waals surface area contributed by atoms with Gasteiger partial charge in [0.1, 0.15) is 0 Å². The molecule has 0 aliphatic rings. The van der Waals surface area contributed by atoms with Gasteiger partial charge < -0.3 is 5.11 Å². The van der Waals surface area contributed by atoms with Crippen LogP contribution in [0.1, 0.15) is 29.8 Å². The van der Waals surface area contributed by atoms with Crippen molar-refractivity contribution in [3.63, 3.8) is 0 Å². The van der Waals surface area contributed by atoms with E-state index >= 15 is 0 Å². The molecule has 0 aliphatic heterocycles. The van der Waals surface area contributed by atoms with Crippen LogP contribution in [0.3, 0.4) is 0 Å². The molecular formula is C20H19BrN4O2. The summed E-state index contributed by atoms with van der Waals surface area (Å²) >= 11 is 3.59. The second kappa shape index (κ2) is 6.81. The molecule has 2 aromatic carbocycles. The molecule has 0 aliphatic carbocycles. The Morgan fingerprint density at radius 3 is 2.59 bits per heavy atom. The third kappa shape index (κ3) is 3.35. The SMILES string of the molecule is CC(C)Cn1ncc2cc(Br)cc(Cn3ncc4cc(C(=O)O)ccc43)c21. The van der Waals surface area contributed by atoms with Crippen LogP contribution in [0, 0.1) is 5.92 Å². The van der Waals surface area contributed by atoms with Crippen molar-refractivity contribution in [2.75, 3.05) is 0 Å². The van der Waals surface area contributed by atoms with Gasteiger partial charge in [0.2, 0.25) is 0 Å². The number of halogens is 1. The monoisotopic (exact) mass is 426 g/mol. The summed E-state index contributed by atoms with van der Waals surface area (Å²) in [5, 5.41) is 20.1. The first kappa shape index (κ1) is 17.7. The van der Waals surface area contributed by atoms with E-state index in [4.69, 9.17) is 0 Å². The molecule has 2 aromatic heterocycles. The van der Waals surface area contributed by atoms with Gasteiger partial charge in [0.05, 0.1) is 35.5 Å². The summed E-state index contributed by atoms with van der Waals surface area (Å²) in [5.41, 5.74) is 3.40. The molecule has 4 rings (SSSR count). The number of benzene rings is 2. The Labute approximate surface area is 164 Å². The van der Waals surface area contributed by atoms with Crippen LogP contribution in [0.25, 0.3) is 21.8 Å². The van der Waals surface area contributed by atoms with E-state index in [1.165, 1.54) is 0 Å². The van der Waals surface area contributed by atoms with Gasteiger partial charge in [-0.05, 0) is 36.2 Å². The number of hydrogen-bond acceptors (Lipinski definition) is 3. The summed E-state index contributed by atoms with van der Waals surface area (Å²) in [6.45, 7) is 5.77. The molecule has 0 spiro atoms. The third-order valence-electron chi connectivity index (χ3n) is 4.52. The lowest BCUT2D eigenvalue weighted by Gasteiger charge is -2.12. The highest BCUT2D eigenvalue weighted by atomic mass is 79.9. The fraction of sp³-hybridized carbons (Fsp3) is 0.250. The van der Waals surface area contributed by atoms with Gasteiger partial charge in [-0.15, -0.1) is 0 Å². The molecule has 0 saturated carbocycles. The molecule has 0 atom stereocenters. The summed E-state index contributed by atoms with van der Waals surface area (Å²) in [6.07, 6.45) is 3.61. The van der Waals surface area contributed by atoms with Crippen molar-refractivity contribution in [1.82, 2.24) is 19.6 Å². The Hall–Kier alpha value is -2.67. The Morgan fingerprint density at radius 2 is 1.85 bits per heavy atom. The molecule has 0 saturated heterocycles. The molecular weight excluding hydrogens is 408 g/mol. The summed E-state index contributed by atoms with van der Waals surface area (Å²) in [7, 11) is 0. The highest BCUT2D eigenvalue weighted by Gasteiger charge is 2.14. The van der Waals surface area contributed by atoms with Crippen molar-refractivity contribution in [3.8, 4) is 0 Å². The predicted molar refractivity (Wildman–Crippen MR) is 108 cm³/mol. The zero-order valence-electron chi connectivity index (χ0n) is 15.1. The summed E-state index contributed by atoms with van der Waals surface area (Å²) in [4.78, 5) is 11.2. The van der Waals surface area contributed by atoms with E-state index in [2.05, 4.69) is 56.8 Å². The first-order chi connectivity index (χ1) is 12.9. The van der Waals surface area contributed by atoms with E-state index < -0.39 is 5.97 Å². The van der Waals surface area contributed by atoms with Crippen molar-refractivity contribution in [1.29, 1.82) is 0 Å². The molecule has 1 N–H and O–H groups in total. The lowest BCUT2D eigenvalue weighted by atomic mass is 10.1. The molecule has 2 heterocycles. The molecule has 27 heavy (non-hydrogen) atoms. The second-order valence-corrected chi connectivity index (χ2v) is 8.02. The Kier molecular flexibility index (Phi) is 4.47. The predicted octanol–water partition coefficient (Wildman–Crippen LogP) is 4.55. The Balaban J connectivity index is 1.80. The van der Waals surface area contributed by atoms with Gasteiger partial charge in [-0.1, -0.05) is 29.8 Å². The molecule has 0 fully saturated rings. The molecule has 0 radical (unpaired) electrons. The molecule has 4 aromatic rings. The summed E-state index contributed by atoms with van der Waals surface area (Å²) < 4.78 is 4.95. The normalized spacial score (nSPS) is 11.7. The van der Waals surface area contributed by atoms with Crippen LogP contribution >= 0.6 is 15.9 Å².